The number of aromatic carboxylic acids is 1. The molecule has 0 spiro atoms. The van der Waals surface area contributed by atoms with Gasteiger partial charge in [0.05, 0.1) is 24.3 Å². The van der Waals surface area contributed by atoms with Gasteiger partial charge in [0.2, 0.25) is 0 Å². The van der Waals surface area contributed by atoms with Gasteiger partial charge in [0.15, 0.2) is 11.5 Å². The summed E-state index contributed by atoms with van der Waals surface area (Å²) in [7, 11) is 1.51. The number of hydrogen-bond donors (Lipinski definition) is 1. The first-order chi connectivity index (χ1) is 14.9. The molecule has 0 aliphatic carbocycles. The van der Waals surface area contributed by atoms with E-state index < -0.39 is 5.97 Å². The molecule has 31 heavy (non-hydrogen) atoms. The Morgan fingerprint density at radius 2 is 1.74 bits per heavy atom. The molecule has 3 aromatic carbocycles. The second-order valence-electron chi connectivity index (χ2n) is 6.49. The van der Waals surface area contributed by atoms with E-state index in [2.05, 4.69) is 22.0 Å². The number of carbonyl (C=O) groups is 1. The van der Waals surface area contributed by atoms with Crippen LogP contribution in [0.1, 0.15) is 27.0 Å². The molecule has 0 saturated carbocycles. The van der Waals surface area contributed by atoms with Gasteiger partial charge >= 0.3 is 5.97 Å². The van der Waals surface area contributed by atoms with Crippen LogP contribution in [0.25, 0.3) is 11.6 Å². The Labute approximate surface area is 187 Å². The van der Waals surface area contributed by atoms with E-state index in [0.29, 0.717) is 32.7 Å². The van der Waals surface area contributed by atoms with Crippen LogP contribution in [0.5, 0.6) is 11.5 Å². The summed E-state index contributed by atoms with van der Waals surface area (Å²) in [6.07, 6.45) is 1.67. The van der Waals surface area contributed by atoms with Crippen LogP contribution in [0.2, 0.25) is 0 Å². The molecule has 156 valence electrons. The van der Waals surface area contributed by atoms with Gasteiger partial charge in [0.25, 0.3) is 0 Å². The van der Waals surface area contributed by atoms with Crippen molar-refractivity contribution in [2.45, 2.75) is 6.61 Å². The van der Waals surface area contributed by atoms with Crippen molar-refractivity contribution in [3.05, 3.63) is 93.2 Å². The lowest BCUT2D eigenvalue weighted by molar-refractivity contribution is 0.0697. The van der Waals surface area contributed by atoms with Crippen molar-refractivity contribution < 1.29 is 23.8 Å². The standard InChI is InChI=1S/C24H17BrFNO4/c1-30-22-11-18(10-19(13-27)16-4-6-17(7-5-16)24(28)29)21(25)12-23(22)31-14-15-2-8-20(26)9-3-15/h2-12H,14H2,1H3,(H,28,29)/b19-10-. The molecule has 7 heteroatoms. The Bertz CT molecular complexity index is 1170. The number of benzene rings is 3. The Morgan fingerprint density at radius 1 is 1.10 bits per heavy atom. The summed E-state index contributed by atoms with van der Waals surface area (Å²) in [5, 5.41) is 18.6. The van der Waals surface area contributed by atoms with E-state index in [1.807, 2.05) is 0 Å². The van der Waals surface area contributed by atoms with E-state index in [4.69, 9.17) is 14.6 Å². The fourth-order valence-corrected chi connectivity index (χ4v) is 3.24. The van der Waals surface area contributed by atoms with Crippen LogP contribution in [0, 0.1) is 17.1 Å². The van der Waals surface area contributed by atoms with Gasteiger partial charge in [-0.2, -0.15) is 5.26 Å². The Balaban J connectivity index is 1.87. The highest BCUT2D eigenvalue weighted by atomic mass is 79.9. The number of allylic oxidation sites excluding steroid dienone is 1. The molecular weight excluding hydrogens is 465 g/mol. The number of carboxylic acid groups (broad SMARTS) is 1. The SMILES string of the molecule is COc1cc(/C=C(/C#N)c2ccc(C(=O)O)cc2)c(Br)cc1OCc1ccc(F)cc1. The molecule has 0 unspecified atom stereocenters. The van der Waals surface area contributed by atoms with Crippen molar-refractivity contribution in [3.63, 3.8) is 0 Å². The molecule has 0 fully saturated rings. The Hall–Kier alpha value is -3.63. The molecule has 0 radical (unpaired) electrons. The van der Waals surface area contributed by atoms with Crippen LogP contribution in [-0.4, -0.2) is 18.2 Å². The van der Waals surface area contributed by atoms with Crippen molar-refractivity contribution >= 4 is 33.5 Å². The highest BCUT2D eigenvalue weighted by Crippen LogP contribution is 2.36. The number of rotatable bonds is 7. The van der Waals surface area contributed by atoms with Crippen molar-refractivity contribution in [3.8, 4) is 17.6 Å². The molecule has 0 amide bonds. The quantitative estimate of drug-likeness (QED) is 0.333. The molecule has 0 aromatic heterocycles. The number of halogens is 2. The van der Waals surface area contributed by atoms with Gasteiger partial charge in [-0.15, -0.1) is 0 Å². The number of methoxy groups -OCH3 is 1. The number of nitrogens with zero attached hydrogens (tertiary/aromatic N) is 1. The first-order valence-electron chi connectivity index (χ1n) is 9.11. The fourth-order valence-electron chi connectivity index (χ4n) is 2.80. The lowest BCUT2D eigenvalue weighted by atomic mass is 10.0. The summed E-state index contributed by atoms with van der Waals surface area (Å²) in [4.78, 5) is 11.0. The molecular formula is C24H17BrFNO4. The lowest BCUT2D eigenvalue weighted by Crippen LogP contribution is -1.99. The third-order valence-corrected chi connectivity index (χ3v) is 5.14. The zero-order valence-electron chi connectivity index (χ0n) is 16.4. The van der Waals surface area contributed by atoms with Gasteiger partial charge < -0.3 is 14.6 Å². The number of carboxylic acids is 1. The molecule has 0 bridgehead atoms. The molecule has 0 aliphatic heterocycles. The van der Waals surface area contributed by atoms with Gasteiger partial charge in [-0.25, -0.2) is 9.18 Å². The summed E-state index contributed by atoms with van der Waals surface area (Å²) in [5.41, 5.74) is 2.59. The number of hydrogen-bond acceptors (Lipinski definition) is 4. The minimum absolute atomic E-state index is 0.145. The molecule has 1 N–H and O–H groups in total. The van der Waals surface area contributed by atoms with E-state index in [-0.39, 0.29) is 18.0 Å². The zero-order valence-corrected chi connectivity index (χ0v) is 18.0. The maximum atomic E-state index is 13.1. The van der Waals surface area contributed by atoms with E-state index in [0.717, 1.165) is 5.56 Å². The molecule has 3 rings (SSSR count). The minimum atomic E-state index is -1.03. The van der Waals surface area contributed by atoms with Crippen molar-refractivity contribution in [1.29, 1.82) is 5.26 Å². The third-order valence-electron chi connectivity index (χ3n) is 4.45. The second-order valence-corrected chi connectivity index (χ2v) is 7.35. The number of ether oxygens (including phenoxy) is 2. The first kappa shape index (κ1) is 22.1. The zero-order chi connectivity index (χ0) is 22.4. The van der Waals surface area contributed by atoms with Gasteiger partial charge in [0.1, 0.15) is 12.4 Å². The molecule has 3 aromatic rings. The smallest absolute Gasteiger partial charge is 0.335 e. The average Bonchev–Trinajstić information content (AvgIpc) is 2.78. The van der Waals surface area contributed by atoms with Gasteiger partial charge in [0, 0.05) is 4.47 Å². The Kier molecular flexibility index (Phi) is 7.06. The van der Waals surface area contributed by atoms with Crippen LogP contribution >= 0.6 is 15.9 Å². The summed E-state index contributed by atoms with van der Waals surface area (Å²) in [6.45, 7) is 0.234. The summed E-state index contributed by atoms with van der Waals surface area (Å²) < 4.78 is 25.0. The van der Waals surface area contributed by atoms with E-state index in [1.165, 1.54) is 31.4 Å². The molecule has 0 heterocycles. The Morgan fingerprint density at radius 3 is 2.32 bits per heavy atom. The van der Waals surface area contributed by atoms with Crippen LogP contribution < -0.4 is 9.47 Å². The minimum Gasteiger partial charge on any atom is -0.493 e. The molecule has 0 atom stereocenters. The van der Waals surface area contributed by atoms with E-state index in [1.54, 1.807) is 42.5 Å². The highest BCUT2D eigenvalue weighted by Gasteiger charge is 2.12. The van der Waals surface area contributed by atoms with E-state index >= 15 is 0 Å². The maximum Gasteiger partial charge on any atom is 0.335 e. The van der Waals surface area contributed by atoms with Crippen LogP contribution in [0.3, 0.4) is 0 Å². The first-order valence-corrected chi connectivity index (χ1v) is 9.91. The predicted molar refractivity (Wildman–Crippen MR) is 118 cm³/mol. The summed E-state index contributed by atoms with van der Waals surface area (Å²) in [5.74, 6) is -0.390. The normalized spacial score (nSPS) is 11.0. The maximum absolute atomic E-state index is 13.1. The second kappa shape index (κ2) is 9.92. The van der Waals surface area contributed by atoms with Crippen LogP contribution in [0.4, 0.5) is 4.39 Å². The van der Waals surface area contributed by atoms with Gasteiger partial charge in [-0.05, 0) is 59.2 Å². The molecule has 0 saturated heterocycles. The van der Waals surface area contributed by atoms with Crippen LogP contribution in [-0.2, 0) is 6.61 Å². The molecule has 5 nitrogen and oxygen atoms in total. The van der Waals surface area contributed by atoms with E-state index in [9.17, 15) is 14.4 Å². The molecule has 0 aliphatic rings. The highest BCUT2D eigenvalue weighted by molar-refractivity contribution is 9.10. The predicted octanol–water partition coefficient (Wildman–Crippen LogP) is 5.94. The van der Waals surface area contributed by atoms with Crippen molar-refractivity contribution in [2.24, 2.45) is 0 Å². The van der Waals surface area contributed by atoms with Crippen molar-refractivity contribution in [2.75, 3.05) is 7.11 Å². The topological polar surface area (TPSA) is 79.5 Å². The number of nitriles is 1. The van der Waals surface area contributed by atoms with Gasteiger partial charge in [-0.1, -0.05) is 40.2 Å². The average molecular weight is 482 g/mol. The lowest BCUT2D eigenvalue weighted by Gasteiger charge is -2.13. The summed E-state index contributed by atoms with van der Waals surface area (Å²) in [6, 6.07) is 17.7. The summed E-state index contributed by atoms with van der Waals surface area (Å²) >= 11 is 3.49. The monoisotopic (exact) mass is 481 g/mol. The van der Waals surface area contributed by atoms with Crippen molar-refractivity contribution in [1.82, 2.24) is 0 Å². The van der Waals surface area contributed by atoms with Gasteiger partial charge in [-0.3, -0.25) is 0 Å². The fraction of sp³-hybridized carbons (Fsp3) is 0.0833. The largest absolute Gasteiger partial charge is 0.493 e. The van der Waals surface area contributed by atoms with Crippen LogP contribution in [0.15, 0.2) is 65.1 Å². The third kappa shape index (κ3) is 5.50.